The van der Waals surface area contributed by atoms with Crippen LogP contribution in [0.15, 0.2) is 24.3 Å². The van der Waals surface area contributed by atoms with E-state index in [-0.39, 0.29) is 12.0 Å². The summed E-state index contributed by atoms with van der Waals surface area (Å²) >= 11 is 5.62. The molecule has 1 aliphatic rings. The molecule has 0 aliphatic carbocycles. The van der Waals surface area contributed by atoms with Gasteiger partial charge in [-0.3, -0.25) is 4.79 Å². The number of alkyl halides is 1. The van der Waals surface area contributed by atoms with Crippen LogP contribution in [0.1, 0.15) is 35.7 Å². The van der Waals surface area contributed by atoms with Crippen LogP contribution in [-0.4, -0.2) is 42.5 Å². The fourth-order valence-electron chi connectivity index (χ4n) is 2.50. The Morgan fingerprint density at radius 2 is 1.95 bits per heavy atom. The molecule has 1 aromatic carbocycles. The average Bonchev–Trinajstić information content (AvgIpc) is 2.53. The van der Waals surface area contributed by atoms with Gasteiger partial charge in [0.1, 0.15) is 0 Å². The number of piperidine rings is 1. The molecule has 0 N–H and O–H groups in total. The molecule has 3 nitrogen and oxygen atoms in total. The van der Waals surface area contributed by atoms with Crippen molar-refractivity contribution in [2.24, 2.45) is 0 Å². The molecule has 1 amide bonds. The van der Waals surface area contributed by atoms with Gasteiger partial charge in [0.05, 0.1) is 12.7 Å². The maximum absolute atomic E-state index is 12.4. The topological polar surface area (TPSA) is 29.5 Å². The third-order valence-electron chi connectivity index (χ3n) is 3.77. The highest BCUT2D eigenvalue weighted by atomic mass is 35.5. The SMILES string of the molecule is CCc1ccc(C(=O)N2CCC(OCCCl)CC2)cc1. The van der Waals surface area contributed by atoms with Crippen molar-refractivity contribution in [1.82, 2.24) is 4.90 Å². The summed E-state index contributed by atoms with van der Waals surface area (Å²) in [6.07, 6.45) is 3.05. The summed E-state index contributed by atoms with van der Waals surface area (Å²) in [7, 11) is 0. The molecule has 0 radical (unpaired) electrons. The fourth-order valence-corrected chi connectivity index (χ4v) is 2.59. The summed E-state index contributed by atoms with van der Waals surface area (Å²) in [5.41, 5.74) is 2.04. The zero-order valence-corrected chi connectivity index (χ0v) is 12.7. The van der Waals surface area contributed by atoms with Crippen LogP contribution in [0.25, 0.3) is 0 Å². The average molecular weight is 296 g/mol. The highest BCUT2D eigenvalue weighted by Crippen LogP contribution is 2.17. The van der Waals surface area contributed by atoms with E-state index in [1.807, 2.05) is 29.2 Å². The molecule has 0 saturated carbocycles. The summed E-state index contributed by atoms with van der Waals surface area (Å²) in [5.74, 6) is 0.659. The van der Waals surface area contributed by atoms with Gasteiger partial charge in [-0.1, -0.05) is 19.1 Å². The summed E-state index contributed by atoms with van der Waals surface area (Å²) in [6, 6.07) is 7.92. The number of amides is 1. The number of carbonyl (C=O) groups excluding carboxylic acids is 1. The molecule has 1 heterocycles. The second kappa shape index (κ2) is 7.65. The molecular weight excluding hydrogens is 274 g/mol. The first-order chi connectivity index (χ1) is 9.74. The molecule has 1 fully saturated rings. The van der Waals surface area contributed by atoms with E-state index in [0.29, 0.717) is 12.5 Å². The van der Waals surface area contributed by atoms with Crippen molar-refractivity contribution < 1.29 is 9.53 Å². The van der Waals surface area contributed by atoms with Crippen LogP contribution < -0.4 is 0 Å². The number of benzene rings is 1. The number of hydrogen-bond donors (Lipinski definition) is 0. The van der Waals surface area contributed by atoms with E-state index in [4.69, 9.17) is 16.3 Å². The molecule has 1 saturated heterocycles. The second-order valence-corrected chi connectivity index (χ2v) is 5.48. The fraction of sp³-hybridized carbons (Fsp3) is 0.562. The third kappa shape index (κ3) is 3.97. The van der Waals surface area contributed by atoms with E-state index in [0.717, 1.165) is 37.9 Å². The minimum atomic E-state index is 0.128. The van der Waals surface area contributed by atoms with Gasteiger partial charge in [0.2, 0.25) is 0 Å². The molecule has 1 aromatic rings. The number of nitrogens with zero attached hydrogens (tertiary/aromatic N) is 1. The normalized spacial score (nSPS) is 16.4. The van der Waals surface area contributed by atoms with Crippen LogP contribution in [0.5, 0.6) is 0 Å². The van der Waals surface area contributed by atoms with Crippen LogP contribution in [-0.2, 0) is 11.2 Å². The van der Waals surface area contributed by atoms with Gasteiger partial charge in [0.25, 0.3) is 5.91 Å². The molecule has 0 bridgehead atoms. The van der Waals surface area contributed by atoms with Crippen molar-refractivity contribution in [3.05, 3.63) is 35.4 Å². The Morgan fingerprint density at radius 3 is 2.50 bits per heavy atom. The van der Waals surface area contributed by atoms with Crippen molar-refractivity contribution in [1.29, 1.82) is 0 Å². The molecule has 110 valence electrons. The van der Waals surface area contributed by atoms with E-state index in [1.54, 1.807) is 0 Å². The molecule has 4 heteroatoms. The van der Waals surface area contributed by atoms with Gasteiger partial charge in [-0.05, 0) is 37.0 Å². The van der Waals surface area contributed by atoms with Crippen molar-refractivity contribution in [2.45, 2.75) is 32.3 Å². The lowest BCUT2D eigenvalue weighted by atomic mass is 10.0. The number of halogens is 1. The highest BCUT2D eigenvalue weighted by Gasteiger charge is 2.23. The monoisotopic (exact) mass is 295 g/mol. The summed E-state index contributed by atoms with van der Waals surface area (Å²) in [6.45, 7) is 4.24. The zero-order chi connectivity index (χ0) is 14.4. The minimum Gasteiger partial charge on any atom is -0.377 e. The van der Waals surface area contributed by atoms with Crippen LogP contribution in [0.3, 0.4) is 0 Å². The Kier molecular flexibility index (Phi) is 5.86. The Labute approximate surface area is 125 Å². The van der Waals surface area contributed by atoms with Gasteiger partial charge in [0.15, 0.2) is 0 Å². The molecule has 1 aliphatic heterocycles. The third-order valence-corrected chi connectivity index (χ3v) is 3.92. The highest BCUT2D eigenvalue weighted by molar-refractivity contribution is 6.17. The number of likely N-dealkylation sites (tertiary alicyclic amines) is 1. The van der Waals surface area contributed by atoms with E-state index in [9.17, 15) is 4.79 Å². The Bertz CT molecular complexity index is 425. The van der Waals surface area contributed by atoms with E-state index >= 15 is 0 Å². The number of carbonyl (C=O) groups is 1. The predicted octanol–water partition coefficient (Wildman–Crippen LogP) is 3.11. The van der Waals surface area contributed by atoms with Gasteiger partial charge in [0, 0.05) is 24.5 Å². The molecule has 0 unspecified atom stereocenters. The molecule has 0 aromatic heterocycles. The first kappa shape index (κ1) is 15.3. The quantitative estimate of drug-likeness (QED) is 0.781. The molecule has 0 spiro atoms. The minimum absolute atomic E-state index is 0.128. The van der Waals surface area contributed by atoms with Crippen LogP contribution in [0, 0.1) is 0 Å². The zero-order valence-electron chi connectivity index (χ0n) is 12.0. The van der Waals surface area contributed by atoms with Gasteiger partial charge in [-0.2, -0.15) is 0 Å². The second-order valence-electron chi connectivity index (χ2n) is 5.10. The summed E-state index contributed by atoms with van der Waals surface area (Å²) in [5, 5.41) is 0. The van der Waals surface area contributed by atoms with Gasteiger partial charge >= 0.3 is 0 Å². The van der Waals surface area contributed by atoms with Crippen molar-refractivity contribution in [2.75, 3.05) is 25.6 Å². The smallest absolute Gasteiger partial charge is 0.253 e. The maximum atomic E-state index is 12.4. The van der Waals surface area contributed by atoms with Gasteiger partial charge in [-0.15, -0.1) is 11.6 Å². The number of aryl methyl sites for hydroxylation is 1. The van der Waals surface area contributed by atoms with Crippen molar-refractivity contribution in [3.8, 4) is 0 Å². The van der Waals surface area contributed by atoms with Gasteiger partial charge in [-0.25, -0.2) is 0 Å². The van der Waals surface area contributed by atoms with Crippen LogP contribution in [0.4, 0.5) is 0 Å². The Hall–Kier alpha value is -1.06. The summed E-state index contributed by atoms with van der Waals surface area (Å²) in [4.78, 5) is 14.3. The van der Waals surface area contributed by atoms with Gasteiger partial charge < -0.3 is 9.64 Å². The maximum Gasteiger partial charge on any atom is 0.253 e. The largest absolute Gasteiger partial charge is 0.377 e. The first-order valence-corrected chi connectivity index (χ1v) is 7.83. The molecule has 2 rings (SSSR count). The van der Waals surface area contributed by atoms with Crippen molar-refractivity contribution >= 4 is 17.5 Å². The standard InChI is InChI=1S/C16H22ClNO2/c1-2-13-3-5-14(6-4-13)16(19)18-10-7-15(8-11-18)20-12-9-17/h3-6,15H,2,7-12H2,1H3. The van der Waals surface area contributed by atoms with Crippen LogP contribution >= 0.6 is 11.6 Å². The molecular formula is C16H22ClNO2. The first-order valence-electron chi connectivity index (χ1n) is 7.30. The lowest BCUT2D eigenvalue weighted by Crippen LogP contribution is -2.41. The van der Waals surface area contributed by atoms with E-state index in [2.05, 4.69) is 6.92 Å². The number of hydrogen-bond acceptors (Lipinski definition) is 2. The molecule has 20 heavy (non-hydrogen) atoms. The predicted molar refractivity (Wildman–Crippen MR) is 81.4 cm³/mol. The molecule has 0 atom stereocenters. The lowest BCUT2D eigenvalue weighted by Gasteiger charge is -2.32. The van der Waals surface area contributed by atoms with E-state index < -0.39 is 0 Å². The number of rotatable bonds is 5. The Balaban J connectivity index is 1.87. The summed E-state index contributed by atoms with van der Waals surface area (Å²) < 4.78 is 5.63. The van der Waals surface area contributed by atoms with Crippen LogP contribution in [0.2, 0.25) is 0 Å². The van der Waals surface area contributed by atoms with E-state index in [1.165, 1.54) is 5.56 Å². The number of ether oxygens (including phenoxy) is 1. The van der Waals surface area contributed by atoms with Crippen molar-refractivity contribution in [3.63, 3.8) is 0 Å². The Morgan fingerprint density at radius 1 is 1.30 bits per heavy atom. The lowest BCUT2D eigenvalue weighted by molar-refractivity contribution is 0.0154.